The number of Topliss-reactive ketones (excluding diaryl/α,β-unsaturated/α-hetero) is 1. The van der Waals surface area contributed by atoms with Gasteiger partial charge >= 0.3 is 0 Å². The lowest BCUT2D eigenvalue weighted by molar-refractivity contribution is 0.0759. The normalized spacial score (nSPS) is 21.9. The van der Waals surface area contributed by atoms with Gasteiger partial charge in [0.25, 0.3) is 5.91 Å². The van der Waals surface area contributed by atoms with Gasteiger partial charge in [0, 0.05) is 27.9 Å². The Morgan fingerprint density at radius 1 is 1.11 bits per heavy atom. The third-order valence-electron chi connectivity index (χ3n) is 6.14. The van der Waals surface area contributed by atoms with Gasteiger partial charge in [0.15, 0.2) is 5.78 Å². The Kier molecular flexibility index (Phi) is 4.18. The van der Waals surface area contributed by atoms with E-state index in [1.165, 1.54) is 0 Å². The number of hydrogen-bond acceptors (Lipinski definition) is 3. The van der Waals surface area contributed by atoms with E-state index in [-0.39, 0.29) is 28.6 Å². The molecule has 2 aliphatic rings. The summed E-state index contributed by atoms with van der Waals surface area (Å²) in [4.78, 5) is 29.1. The van der Waals surface area contributed by atoms with Gasteiger partial charge in [0.1, 0.15) is 0 Å². The number of nitrogens with one attached hydrogen (secondary N) is 3. The number of piperidine rings is 1. The van der Waals surface area contributed by atoms with Crippen molar-refractivity contribution in [2.75, 3.05) is 13.1 Å². The van der Waals surface area contributed by atoms with E-state index in [0.717, 1.165) is 48.8 Å². The van der Waals surface area contributed by atoms with Gasteiger partial charge in [0.05, 0.1) is 5.69 Å². The van der Waals surface area contributed by atoms with Gasteiger partial charge in [-0.2, -0.15) is 0 Å². The smallest absolute Gasteiger partial charge is 0.251 e. The summed E-state index contributed by atoms with van der Waals surface area (Å²) in [6.07, 6.45) is 2.72. The average Bonchev–Trinajstić information content (AvgIpc) is 2.99. The van der Waals surface area contributed by atoms with Crippen molar-refractivity contribution in [3.05, 3.63) is 35.0 Å². The first kappa shape index (κ1) is 18.2. The summed E-state index contributed by atoms with van der Waals surface area (Å²) in [5.74, 6) is 0.132. The summed E-state index contributed by atoms with van der Waals surface area (Å²) >= 11 is 0. The Bertz CT molecular complexity index is 917. The maximum Gasteiger partial charge on any atom is 0.251 e. The average molecular weight is 367 g/mol. The molecule has 2 heterocycles. The van der Waals surface area contributed by atoms with E-state index in [4.69, 9.17) is 0 Å². The quantitative estimate of drug-likeness (QED) is 0.760. The zero-order chi connectivity index (χ0) is 19.4. The number of benzene rings is 1. The predicted molar refractivity (Wildman–Crippen MR) is 107 cm³/mol. The molecule has 0 radical (unpaired) electrons. The van der Waals surface area contributed by atoms with Crippen molar-refractivity contribution in [1.82, 2.24) is 15.6 Å². The molecule has 1 aromatic carbocycles. The van der Waals surface area contributed by atoms with E-state index >= 15 is 0 Å². The van der Waals surface area contributed by atoms with Crippen molar-refractivity contribution >= 4 is 22.6 Å². The third kappa shape index (κ3) is 3.08. The molecule has 5 nitrogen and oxygen atoms in total. The van der Waals surface area contributed by atoms with Crippen molar-refractivity contribution in [2.45, 2.75) is 58.4 Å². The highest BCUT2D eigenvalue weighted by atomic mass is 16.1. The number of aromatic amines is 1. The molecule has 4 rings (SSSR count). The SMILES string of the molecule is CC1(C)CC(C)(C)c2c([nH]c3ccc(C(=O)NC4CCNCC4)cc23)C1=O. The molecule has 5 heteroatoms. The van der Waals surface area contributed by atoms with E-state index in [9.17, 15) is 9.59 Å². The van der Waals surface area contributed by atoms with Gasteiger partial charge in [-0.1, -0.05) is 27.7 Å². The van der Waals surface area contributed by atoms with Crippen LogP contribution >= 0.6 is 0 Å². The molecule has 1 fully saturated rings. The second-order valence-corrected chi connectivity index (χ2v) is 9.41. The molecule has 0 bridgehead atoms. The van der Waals surface area contributed by atoms with Gasteiger partial charge in [-0.05, 0) is 61.5 Å². The van der Waals surface area contributed by atoms with Crippen LogP contribution in [0.4, 0.5) is 0 Å². The number of carbonyl (C=O) groups excluding carboxylic acids is 2. The van der Waals surface area contributed by atoms with Crippen LogP contribution < -0.4 is 10.6 Å². The lowest BCUT2D eigenvalue weighted by Gasteiger charge is -2.39. The highest BCUT2D eigenvalue weighted by molar-refractivity contribution is 6.08. The standard InChI is InChI=1S/C22H29N3O2/c1-21(2)12-22(3,4)19(26)18-17(21)15-11-13(5-6-16(15)25-18)20(27)24-14-7-9-23-10-8-14/h5-6,11,14,23,25H,7-10,12H2,1-4H3,(H,24,27). The fourth-order valence-corrected chi connectivity index (χ4v) is 5.05. The number of fused-ring (bicyclic) bond motifs is 3. The van der Waals surface area contributed by atoms with E-state index < -0.39 is 0 Å². The Balaban J connectivity index is 1.73. The van der Waals surface area contributed by atoms with Crippen molar-refractivity contribution in [2.24, 2.45) is 5.41 Å². The molecule has 1 aliphatic carbocycles. The van der Waals surface area contributed by atoms with Crippen LogP contribution in [0.3, 0.4) is 0 Å². The number of rotatable bonds is 2. The Labute approximate surface area is 160 Å². The van der Waals surface area contributed by atoms with Crippen LogP contribution in [0.15, 0.2) is 18.2 Å². The largest absolute Gasteiger partial charge is 0.352 e. The molecule has 144 valence electrons. The fraction of sp³-hybridized carbons (Fsp3) is 0.545. The number of ketones is 1. The minimum absolute atomic E-state index is 0.0287. The number of amides is 1. The molecule has 1 aromatic heterocycles. The zero-order valence-electron chi connectivity index (χ0n) is 16.7. The highest BCUT2D eigenvalue weighted by Crippen LogP contribution is 2.48. The van der Waals surface area contributed by atoms with Crippen LogP contribution in [-0.4, -0.2) is 35.8 Å². The number of H-pyrrole nitrogens is 1. The van der Waals surface area contributed by atoms with Crippen LogP contribution in [0.5, 0.6) is 0 Å². The number of carbonyl (C=O) groups is 2. The first-order valence-electron chi connectivity index (χ1n) is 9.92. The zero-order valence-corrected chi connectivity index (χ0v) is 16.7. The molecule has 0 spiro atoms. The number of aromatic nitrogens is 1. The Hall–Kier alpha value is -2.14. The van der Waals surface area contributed by atoms with Crippen LogP contribution in [-0.2, 0) is 5.41 Å². The van der Waals surface area contributed by atoms with E-state index in [0.29, 0.717) is 11.3 Å². The molecular formula is C22H29N3O2. The second-order valence-electron chi connectivity index (χ2n) is 9.41. The van der Waals surface area contributed by atoms with E-state index in [1.807, 2.05) is 32.0 Å². The van der Waals surface area contributed by atoms with Crippen LogP contribution in [0, 0.1) is 5.41 Å². The van der Waals surface area contributed by atoms with Crippen LogP contribution in [0.25, 0.3) is 10.9 Å². The summed E-state index contributed by atoms with van der Waals surface area (Å²) in [7, 11) is 0. The van der Waals surface area contributed by atoms with Crippen molar-refractivity contribution in [1.29, 1.82) is 0 Å². The molecular weight excluding hydrogens is 338 g/mol. The monoisotopic (exact) mass is 367 g/mol. The third-order valence-corrected chi connectivity index (χ3v) is 6.14. The topological polar surface area (TPSA) is 74.0 Å². The van der Waals surface area contributed by atoms with Gasteiger partial charge in [-0.25, -0.2) is 0 Å². The maximum atomic E-state index is 13.0. The molecule has 0 unspecified atom stereocenters. The van der Waals surface area contributed by atoms with E-state index in [2.05, 4.69) is 29.5 Å². The lowest BCUT2D eigenvalue weighted by atomic mass is 9.63. The summed E-state index contributed by atoms with van der Waals surface area (Å²) in [5, 5.41) is 7.47. The van der Waals surface area contributed by atoms with Gasteiger partial charge in [0.2, 0.25) is 0 Å². The summed E-state index contributed by atoms with van der Waals surface area (Å²) in [5.41, 5.74) is 2.84. The molecule has 1 amide bonds. The fourth-order valence-electron chi connectivity index (χ4n) is 5.05. The lowest BCUT2D eigenvalue weighted by Crippen LogP contribution is -2.42. The van der Waals surface area contributed by atoms with Crippen molar-refractivity contribution in [3.63, 3.8) is 0 Å². The highest BCUT2D eigenvalue weighted by Gasteiger charge is 2.45. The van der Waals surface area contributed by atoms with Crippen LogP contribution in [0.2, 0.25) is 0 Å². The molecule has 27 heavy (non-hydrogen) atoms. The number of hydrogen-bond donors (Lipinski definition) is 3. The van der Waals surface area contributed by atoms with E-state index in [1.54, 1.807) is 0 Å². The molecule has 1 aliphatic heterocycles. The van der Waals surface area contributed by atoms with Crippen molar-refractivity contribution in [3.8, 4) is 0 Å². The second kappa shape index (κ2) is 6.20. The molecule has 3 N–H and O–H groups in total. The van der Waals surface area contributed by atoms with Crippen LogP contribution in [0.1, 0.15) is 73.4 Å². The van der Waals surface area contributed by atoms with Crippen molar-refractivity contribution < 1.29 is 9.59 Å². The summed E-state index contributed by atoms with van der Waals surface area (Å²) in [6.45, 7) is 10.3. The Morgan fingerprint density at radius 3 is 2.52 bits per heavy atom. The van der Waals surface area contributed by atoms with Gasteiger partial charge in [-0.3, -0.25) is 9.59 Å². The first-order valence-corrected chi connectivity index (χ1v) is 9.92. The van der Waals surface area contributed by atoms with Gasteiger partial charge in [-0.15, -0.1) is 0 Å². The molecule has 0 saturated carbocycles. The minimum Gasteiger partial charge on any atom is -0.352 e. The van der Waals surface area contributed by atoms with Gasteiger partial charge < -0.3 is 15.6 Å². The first-order chi connectivity index (χ1) is 12.7. The Morgan fingerprint density at radius 2 is 1.81 bits per heavy atom. The predicted octanol–water partition coefficient (Wildman–Crippen LogP) is 3.54. The molecule has 1 saturated heterocycles. The maximum absolute atomic E-state index is 13.0. The minimum atomic E-state index is -0.382. The molecule has 2 aromatic rings. The summed E-state index contributed by atoms with van der Waals surface area (Å²) < 4.78 is 0. The molecule has 0 atom stereocenters. The summed E-state index contributed by atoms with van der Waals surface area (Å²) in [6, 6.07) is 5.97.